The highest BCUT2D eigenvalue weighted by Gasteiger charge is 2.36. The zero-order chi connectivity index (χ0) is 22.2. The summed E-state index contributed by atoms with van der Waals surface area (Å²) in [5.41, 5.74) is 0. The van der Waals surface area contributed by atoms with E-state index in [4.69, 9.17) is 16.3 Å². The predicted molar refractivity (Wildman–Crippen MR) is 119 cm³/mol. The lowest BCUT2D eigenvalue weighted by atomic mass is 10.2. The number of nitrogens with zero attached hydrogens (tertiary/aromatic N) is 4. The van der Waals surface area contributed by atoms with Crippen LogP contribution in [0.3, 0.4) is 0 Å². The molecule has 168 valence electrons. The molecule has 2 heterocycles. The number of carbonyl (C=O) groups is 1. The number of ether oxygens (including phenoxy) is 1. The molecule has 8 nitrogen and oxygen atoms in total. The van der Waals surface area contributed by atoms with Crippen molar-refractivity contribution in [2.24, 2.45) is 0 Å². The highest BCUT2D eigenvalue weighted by atomic mass is 35.5. The van der Waals surface area contributed by atoms with Crippen molar-refractivity contribution in [3.8, 4) is 5.75 Å². The molecule has 0 spiro atoms. The van der Waals surface area contributed by atoms with Gasteiger partial charge in [-0.1, -0.05) is 35.5 Å². The van der Waals surface area contributed by atoms with Crippen LogP contribution in [0.2, 0.25) is 5.02 Å². The Hall–Kier alpha value is -1.78. The lowest BCUT2D eigenvalue weighted by Crippen LogP contribution is -2.41. The van der Waals surface area contributed by atoms with Crippen LogP contribution < -0.4 is 4.74 Å². The predicted octanol–water partition coefficient (Wildman–Crippen LogP) is 2.97. The minimum atomic E-state index is -3.05. The van der Waals surface area contributed by atoms with Gasteiger partial charge in [0.05, 0.1) is 21.8 Å². The van der Waals surface area contributed by atoms with E-state index in [1.807, 2.05) is 23.6 Å². The summed E-state index contributed by atoms with van der Waals surface area (Å²) < 4.78 is 31.4. The number of halogens is 1. The molecule has 0 radical (unpaired) electrons. The standard InChI is InChI=1S/C20H25ClN4O4S2/c1-13(19(26)24(2)15-9-10-31(27,28)12-15)30-20-23-22-18(25(20)14-7-8-14)11-29-17-6-4-3-5-16(17)21/h3-6,13-15H,7-12H2,1-2H3/t13-,15+/m1/s1. The van der Waals surface area contributed by atoms with E-state index in [0.29, 0.717) is 34.2 Å². The number of hydrogen-bond donors (Lipinski definition) is 0. The van der Waals surface area contributed by atoms with Crippen LogP contribution in [0.1, 0.15) is 38.1 Å². The van der Waals surface area contributed by atoms with E-state index in [2.05, 4.69) is 10.2 Å². The molecule has 2 aliphatic rings. The summed E-state index contributed by atoms with van der Waals surface area (Å²) >= 11 is 7.51. The van der Waals surface area contributed by atoms with Crippen molar-refractivity contribution in [2.75, 3.05) is 18.6 Å². The number of sulfone groups is 1. The summed E-state index contributed by atoms with van der Waals surface area (Å²) in [5, 5.41) is 9.40. The van der Waals surface area contributed by atoms with Crippen molar-refractivity contribution in [3.05, 3.63) is 35.1 Å². The van der Waals surface area contributed by atoms with Crippen LogP contribution in [0, 0.1) is 0 Å². The molecule has 1 aliphatic carbocycles. The molecule has 1 aromatic carbocycles. The highest BCUT2D eigenvalue weighted by molar-refractivity contribution is 8.00. The Balaban J connectivity index is 1.43. The summed E-state index contributed by atoms with van der Waals surface area (Å²) in [7, 11) is -1.37. The van der Waals surface area contributed by atoms with Crippen molar-refractivity contribution >= 4 is 39.1 Å². The molecule has 0 unspecified atom stereocenters. The maximum Gasteiger partial charge on any atom is 0.235 e. The van der Waals surface area contributed by atoms with Gasteiger partial charge in [0.15, 0.2) is 20.8 Å². The molecule has 4 rings (SSSR count). The molecule has 0 N–H and O–H groups in total. The largest absolute Gasteiger partial charge is 0.484 e. The number of thioether (sulfide) groups is 1. The number of amides is 1. The van der Waals surface area contributed by atoms with Crippen LogP contribution in [-0.4, -0.2) is 63.8 Å². The first-order valence-corrected chi connectivity index (χ1v) is 13.3. The van der Waals surface area contributed by atoms with Gasteiger partial charge in [0, 0.05) is 19.1 Å². The average Bonchev–Trinajstić information content (AvgIpc) is 3.40. The molecule has 1 saturated carbocycles. The van der Waals surface area contributed by atoms with Gasteiger partial charge in [0.25, 0.3) is 0 Å². The molecule has 2 atom stereocenters. The van der Waals surface area contributed by atoms with Crippen LogP contribution in [0.25, 0.3) is 0 Å². The molecule has 2 fully saturated rings. The quantitative estimate of drug-likeness (QED) is 0.531. The lowest BCUT2D eigenvalue weighted by molar-refractivity contribution is -0.130. The van der Waals surface area contributed by atoms with Crippen LogP contribution in [0.5, 0.6) is 5.75 Å². The van der Waals surface area contributed by atoms with Crippen LogP contribution in [0.15, 0.2) is 29.4 Å². The summed E-state index contributed by atoms with van der Waals surface area (Å²) in [5.74, 6) is 1.35. The second-order valence-corrected chi connectivity index (χ2v) is 11.9. The maximum atomic E-state index is 12.9. The Bertz CT molecular complexity index is 1070. The first kappa shape index (κ1) is 22.4. The third kappa shape index (κ3) is 5.18. The van der Waals surface area contributed by atoms with Crippen molar-refractivity contribution in [1.29, 1.82) is 0 Å². The smallest absolute Gasteiger partial charge is 0.235 e. The SMILES string of the molecule is C[C@@H](Sc1nnc(COc2ccccc2Cl)n1C1CC1)C(=O)N(C)[C@H]1CCS(=O)(=O)C1. The van der Waals surface area contributed by atoms with Gasteiger partial charge in [-0.15, -0.1) is 10.2 Å². The van der Waals surface area contributed by atoms with Gasteiger partial charge in [-0.2, -0.15) is 0 Å². The summed E-state index contributed by atoms with van der Waals surface area (Å²) in [6.45, 7) is 2.05. The summed E-state index contributed by atoms with van der Waals surface area (Å²) in [4.78, 5) is 14.5. The van der Waals surface area contributed by atoms with Gasteiger partial charge < -0.3 is 9.64 Å². The Morgan fingerprint density at radius 2 is 2.06 bits per heavy atom. The summed E-state index contributed by atoms with van der Waals surface area (Å²) in [6, 6.07) is 7.31. The number of aromatic nitrogens is 3. The van der Waals surface area contributed by atoms with Crippen LogP contribution in [0.4, 0.5) is 0 Å². The van der Waals surface area contributed by atoms with Crippen molar-refractivity contribution < 1.29 is 17.9 Å². The van der Waals surface area contributed by atoms with Crippen molar-refractivity contribution in [3.63, 3.8) is 0 Å². The highest BCUT2D eigenvalue weighted by Crippen LogP contribution is 2.40. The first-order chi connectivity index (χ1) is 14.7. The number of para-hydroxylation sites is 1. The van der Waals surface area contributed by atoms with E-state index in [9.17, 15) is 13.2 Å². The Morgan fingerprint density at radius 3 is 2.71 bits per heavy atom. The van der Waals surface area contributed by atoms with E-state index in [1.165, 1.54) is 11.8 Å². The average molecular weight is 485 g/mol. The monoisotopic (exact) mass is 484 g/mol. The third-order valence-electron chi connectivity index (χ3n) is 5.57. The van der Waals surface area contributed by atoms with E-state index >= 15 is 0 Å². The molecule has 0 bridgehead atoms. The fourth-order valence-electron chi connectivity index (χ4n) is 3.65. The van der Waals surface area contributed by atoms with Crippen LogP contribution in [-0.2, 0) is 21.2 Å². The molecule has 1 aromatic heterocycles. The van der Waals surface area contributed by atoms with Gasteiger partial charge in [0.2, 0.25) is 5.91 Å². The number of benzene rings is 1. The Labute approximate surface area is 191 Å². The normalized spacial score (nSPS) is 21.1. The molecule has 1 amide bonds. The zero-order valence-electron chi connectivity index (χ0n) is 17.4. The van der Waals surface area contributed by atoms with E-state index in [0.717, 1.165) is 12.8 Å². The van der Waals surface area contributed by atoms with Crippen LogP contribution >= 0.6 is 23.4 Å². The molecule has 31 heavy (non-hydrogen) atoms. The van der Waals surface area contributed by atoms with Crippen molar-refractivity contribution in [1.82, 2.24) is 19.7 Å². The molecular weight excluding hydrogens is 460 g/mol. The van der Waals surface area contributed by atoms with Crippen molar-refractivity contribution in [2.45, 2.75) is 55.3 Å². The van der Waals surface area contributed by atoms with E-state index in [1.54, 1.807) is 24.1 Å². The van der Waals surface area contributed by atoms with Gasteiger partial charge in [-0.3, -0.25) is 9.36 Å². The molecule has 1 aliphatic heterocycles. The Kier molecular flexibility index (Phi) is 6.50. The maximum absolute atomic E-state index is 12.9. The Morgan fingerprint density at radius 1 is 1.32 bits per heavy atom. The fourth-order valence-corrected chi connectivity index (χ4v) is 6.65. The third-order valence-corrected chi connectivity index (χ3v) is 8.68. The minimum Gasteiger partial charge on any atom is -0.484 e. The zero-order valence-corrected chi connectivity index (χ0v) is 19.8. The first-order valence-electron chi connectivity index (χ1n) is 10.2. The molecule has 1 saturated heterocycles. The summed E-state index contributed by atoms with van der Waals surface area (Å²) in [6.07, 6.45) is 2.56. The molecule has 11 heteroatoms. The second-order valence-electron chi connectivity index (χ2n) is 7.99. The van der Waals surface area contributed by atoms with E-state index in [-0.39, 0.29) is 30.1 Å². The minimum absolute atomic E-state index is 0.0361. The number of hydrogen-bond acceptors (Lipinski definition) is 7. The van der Waals surface area contributed by atoms with Gasteiger partial charge in [-0.05, 0) is 38.3 Å². The van der Waals surface area contributed by atoms with Gasteiger partial charge in [0.1, 0.15) is 12.4 Å². The fraction of sp³-hybridized carbons (Fsp3) is 0.550. The van der Waals surface area contributed by atoms with Gasteiger partial charge >= 0.3 is 0 Å². The van der Waals surface area contributed by atoms with Gasteiger partial charge in [-0.25, -0.2) is 8.42 Å². The number of carbonyl (C=O) groups excluding carboxylic acids is 1. The molecular formula is C20H25ClN4O4S2. The second kappa shape index (κ2) is 8.99. The molecule has 2 aromatic rings. The number of rotatable bonds is 8. The topological polar surface area (TPSA) is 94.4 Å². The lowest BCUT2D eigenvalue weighted by Gasteiger charge is -2.26. The van der Waals surface area contributed by atoms with E-state index < -0.39 is 15.1 Å².